The Labute approximate surface area is 76.2 Å². The molecule has 0 heterocycles. The Morgan fingerprint density at radius 2 is 1.83 bits per heavy atom. The van der Waals surface area contributed by atoms with Crippen molar-refractivity contribution < 1.29 is 4.92 Å². The summed E-state index contributed by atoms with van der Waals surface area (Å²) >= 11 is 0. The number of nitro benzene ring substituents is 1. The zero-order valence-corrected chi connectivity index (χ0v) is 7.30. The second-order valence-electron chi connectivity index (χ2n) is 2.05. The molecule has 4 nitrogen and oxygen atoms in total. The minimum absolute atomic E-state index is 0. The Bertz CT molecular complexity index is 261. The Morgan fingerprint density at radius 1 is 1.33 bits per heavy atom. The van der Waals surface area contributed by atoms with Crippen molar-refractivity contribution in [2.24, 2.45) is 0 Å². The fraction of sp³-hybridized carbons (Fsp3) is 0.143. The molecule has 0 atom stereocenters. The minimum atomic E-state index is -0.417. The van der Waals surface area contributed by atoms with E-state index in [4.69, 9.17) is 0 Å². The molecule has 0 amide bonds. The van der Waals surface area contributed by atoms with Crippen molar-refractivity contribution in [3.8, 4) is 0 Å². The maximum atomic E-state index is 10.2. The number of nitrogens with zero attached hydrogens (tertiary/aromatic N) is 1. The maximum absolute atomic E-state index is 10.2. The SMILES string of the molecule is CNc1ccc([N+](=O)[O-])cc1.Cl. The standard InChI is InChI=1S/C7H8N2O2.ClH/c1-8-6-2-4-7(5-3-6)9(10)11;/h2-5,8H,1H3;1H. The molecule has 66 valence electrons. The third kappa shape index (κ3) is 2.39. The van der Waals surface area contributed by atoms with Gasteiger partial charge in [0.15, 0.2) is 0 Å². The van der Waals surface area contributed by atoms with E-state index in [1.165, 1.54) is 12.1 Å². The molecular formula is C7H9ClN2O2. The van der Waals surface area contributed by atoms with Gasteiger partial charge in [-0.25, -0.2) is 0 Å². The van der Waals surface area contributed by atoms with Crippen LogP contribution in [0.1, 0.15) is 0 Å². The van der Waals surface area contributed by atoms with Crippen LogP contribution >= 0.6 is 12.4 Å². The van der Waals surface area contributed by atoms with Crippen LogP contribution in [-0.4, -0.2) is 12.0 Å². The van der Waals surface area contributed by atoms with Gasteiger partial charge >= 0.3 is 0 Å². The highest BCUT2D eigenvalue weighted by Crippen LogP contribution is 2.14. The molecule has 0 aromatic heterocycles. The third-order valence-electron chi connectivity index (χ3n) is 1.37. The molecule has 0 saturated carbocycles. The number of anilines is 1. The monoisotopic (exact) mass is 188 g/mol. The normalized spacial score (nSPS) is 8.42. The molecule has 0 fully saturated rings. The summed E-state index contributed by atoms with van der Waals surface area (Å²) in [6, 6.07) is 6.26. The molecule has 0 saturated heterocycles. The van der Waals surface area contributed by atoms with Gasteiger partial charge in [0.1, 0.15) is 0 Å². The molecule has 0 bridgehead atoms. The Hall–Kier alpha value is -1.29. The second kappa shape index (κ2) is 4.56. The van der Waals surface area contributed by atoms with Crippen LogP contribution in [0.2, 0.25) is 0 Å². The summed E-state index contributed by atoms with van der Waals surface area (Å²) in [6.45, 7) is 0. The van der Waals surface area contributed by atoms with Gasteiger partial charge in [-0.2, -0.15) is 0 Å². The van der Waals surface area contributed by atoms with Gasteiger partial charge in [-0.15, -0.1) is 12.4 Å². The summed E-state index contributed by atoms with van der Waals surface area (Å²) < 4.78 is 0. The lowest BCUT2D eigenvalue weighted by molar-refractivity contribution is -0.384. The predicted octanol–water partition coefficient (Wildman–Crippen LogP) is 2.06. The summed E-state index contributed by atoms with van der Waals surface area (Å²) in [4.78, 5) is 9.77. The van der Waals surface area contributed by atoms with E-state index in [-0.39, 0.29) is 18.1 Å². The van der Waals surface area contributed by atoms with Crippen molar-refractivity contribution in [2.75, 3.05) is 12.4 Å². The highest BCUT2D eigenvalue weighted by atomic mass is 35.5. The first-order valence-electron chi connectivity index (χ1n) is 3.16. The lowest BCUT2D eigenvalue weighted by Crippen LogP contribution is -1.89. The number of hydrogen-bond donors (Lipinski definition) is 1. The molecule has 1 aromatic carbocycles. The fourth-order valence-electron chi connectivity index (χ4n) is 0.750. The first-order chi connectivity index (χ1) is 5.24. The van der Waals surface area contributed by atoms with Crippen LogP contribution in [-0.2, 0) is 0 Å². The first-order valence-corrected chi connectivity index (χ1v) is 3.16. The number of benzene rings is 1. The molecule has 1 aromatic rings. The predicted molar refractivity (Wildman–Crippen MR) is 49.9 cm³/mol. The maximum Gasteiger partial charge on any atom is 0.269 e. The van der Waals surface area contributed by atoms with E-state index >= 15 is 0 Å². The number of rotatable bonds is 2. The quantitative estimate of drug-likeness (QED) is 0.571. The van der Waals surface area contributed by atoms with Crippen LogP contribution in [0.5, 0.6) is 0 Å². The van der Waals surface area contributed by atoms with Gasteiger partial charge in [0.25, 0.3) is 5.69 Å². The molecule has 0 spiro atoms. The smallest absolute Gasteiger partial charge is 0.269 e. The summed E-state index contributed by atoms with van der Waals surface area (Å²) in [6.07, 6.45) is 0. The van der Waals surface area contributed by atoms with Crippen LogP contribution in [0.3, 0.4) is 0 Å². The van der Waals surface area contributed by atoms with E-state index < -0.39 is 4.92 Å². The van der Waals surface area contributed by atoms with E-state index in [2.05, 4.69) is 5.32 Å². The summed E-state index contributed by atoms with van der Waals surface area (Å²) in [5, 5.41) is 13.1. The lowest BCUT2D eigenvalue weighted by atomic mass is 10.3. The van der Waals surface area contributed by atoms with Crippen molar-refractivity contribution >= 4 is 23.8 Å². The summed E-state index contributed by atoms with van der Waals surface area (Å²) in [5.41, 5.74) is 0.986. The number of non-ortho nitro benzene ring substituents is 1. The van der Waals surface area contributed by atoms with Gasteiger partial charge in [-0.1, -0.05) is 0 Å². The summed E-state index contributed by atoms with van der Waals surface area (Å²) in [7, 11) is 1.77. The molecule has 0 unspecified atom stereocenters. The zero-order chi connectivity index (χ0) is 8.27. The van der Waals surface area contributed by atoms with Crippen LogP contribution in [0, 0.1) is 10.1 Å². The zero-order valence-electron chi connectivity index (χ0n) is 6.48. The Morgan fingerprint density at radius 3 is 2.17 bits per heavy atom. The van der Waals surface area contributed by atoms with Crippen LogP contribution < -0.4 is 5.32 Å². The average molecular weight is 189 g/mol. The minimum Gasteiger partial charge on any atom is -0.388 e. The number of halogens is 1. The van der Waals surface area contributed by atoms with Gasteiger partial charge in [0.05, 0.1) is 4.92 Å². The first kappa shape index (κ1) is 10.7. The van der Waals surface area contributed by atoms with E-state index in [0.717, 1.165) is 5.69 Å². The van der Waals surface area contributed by atoms with E-state index in [1.807, 2.05) is 0 Å². The average Bonchev–Trinajstić information content (AvgIpc) is 2.05. The number of nitro groups is 1. The number of nitrogens with one attached hydrogen (secondary N) is 1. The summed E-state index contributed by atoms with van der Waals surface area (Å²) in [5.74, 6) is 0. The molecule has 0 aliphatic rings. The van der Waals surface area contributed by atoms with Crippen molar-refractivity contribution in [1.82, 2.24) is 0 Å². The van der Waals surface area contributed by atoms with Crippen LogP contribution in [0.4, 0.5) is 11.4 Å². The molecule has 5 heteroatoms. The van der Waals surface area contributed by atoms with Gasteiger partial charge in [-0.05, 0) is 12.1 Å². The Kier molecular flexibility index (Phi) is 4.07. The molecular weight excluding hydrogens is 180 g/mol. The molecule has 1 N–H and O–H groups in total. The lowest BCUT2D eigenvalue weighted by Gasteiger charge is -1.96. The fourth-order valence-corrected chi connectivity index (χ4v) is 0.750. The second-order valence-corrected chi connectivity index (χ2v) is 2.05. The van der Waals surface area contributed by atoms with Crippen LogP contribution in [0.25, 0.3) is 0 Å². The molecule has 12 heavy (non-hydrogen) atoms. The number of hydrogen-bond acceptors (Lipinski definition) is 3. The van der Waals surface area contributed by atoms with Crippen molar-refractivity contribution in [1.29, 1.82) is 0 Å². The molecule has 1 rings (SSSR count). The van der Waals surface area contributed by atoms with Gasteiger partial charge in [-0.3, -0.25) is 10.1 Å². The highest BCUT2D eigenvalue weighted by molar-refractivity contribution is 5.85. The van der Waals surface area contributed by atoms with Gasteiger partial charge < -0.3 is 5.32 Å². The Balaban J connectivity index is 0.00000121. The van der Waals surface area contributed by atoms with Gasteiger partial charge in [0.2, 0.25) is 0 Å². The highest BCUT2D eigenvalue weighted by Gasteiger charge is 2.01. The largest absolute Gasteiger partial charge is 0.388 e. The van der Waals surface area contributed by atoms with Crippen LogP contribution in [0.15, 0.2) is 24.3 Å². The van der Waals surface area contributed by atoms with E-state index in [0.29, 0.717) is 0 Å². The van der Waals surface area contributed by atoms with Crippen molar-refractivity contribution in [3.05, 3.63) is 34.4 Å². The van der Waals surface area contributed by atoms with E-state index in [9.17, 15) is 10.1 Å². The van der Waals surface area contributed by atoms with Gasteiger partial charge in [0, 0.05) is 24.9 Å². The molecule has 0 aliphatic heterocycles. The van der Waals surface area contributed by atoms with Crippen molar-refractivity contribution in [3.63, 3.8) is 0 Å². The van der Waals surface area contributed by atoms with E-state index in [1.54, 1.807) is 19.2 Å². The topological polar surface area (TPSA) is 55.2 Å². The third-order valence-corrected chi connectivity index (χ3v) is 1.37. The molecule has 0 aliphatic carbocycles. The molecule has 0 radical (unpaired) electrons. The van der Waals surface area contributed by atoms with Crippen molar-refractivity contribution in [2.45, 2.75) is 0 Å².